The van der Waals surface area contributed by atoms with Gasteiger partial charge in [0.15, 0.2) is 0 Å². The molecule has 17 heavy (non-hydrogen) atoms. The maximum absolute atomic E-state index is 11.0. The largest absolute Gasteiger partial charge is 2.00 e. The number of allylic oxidation sites excluding steroid dienone is 2. The molecule has 2 fully saturated rings. The average Bonchev–Trinajstić information content (AvgIpc) is 2.59. The third-order valence-corrected chi connectivity index (χ3v) is 5.82. The fourth-order valence-corrected chi connectivity index (χ4v) is 4.43. The molecule has 0 saturated heterocycles. The minimum atomic E-state index is -0.0998. The Morgan fingerprint density at radius 2 is 2.12 bits per heavy atom. The molecule has 1 nitrogen and oxygen atoms in total. The van der Waals surface area contributed by atoms with Crippen molar-refractivity contribution in [2.24, 2.45) is 22.7 Å². The second-order valence-corrected chi connectivity index (χ2v) is 6.45. The molecule has 0 amide bonds. The van der Waals surface area contributed by atoms with Gasteiger partial charge < -0.3 is 5.11 Å². The molecule has 0 aromatic carbocycles. The Hall–Kier alpha value is 0.206. The van der Waals surface area contributed by atoms with E-state index in [1.807, 2.05) is 0 Å². The van der Waals surface area contributed by atoms with Crippen molar-refractivity contribution < 1.29 is 5.11 Å². The summed E-state index contributed by atoms with van der Waals surface area (Å²) in [5, 5.41) is 11.0. The number of hydrogen-bond acceptors (Lipinski definition) is 1. The summed E-state index contributed by atoms with van der Waals surface area (Å²) < 4.78 is 0. The first-order valence-corrected chi connectivity index (χ1v) is 6.42. The van der Waals surface area contributed by atoms with E-state index in [2.05, 4.69) is 32.9 Å². The van der Waals surface area contributed by atoms with E-state index in [0.29, 0.717) is 16.7 Å². The minimum Gasteiger partial charge on any atom is -0.853 e. The molecule has 0 spiro atoms. The Balaban J connectivity index is 0.00000108. The normalized spacial score (nSPS) is 41.4. The van der Waals surface area contributed by atoms with Crippen LogP contribution in [0.1, 0.15) is 40.0 Å². The van der Waals surface area contributed by atoms with Crippen molar-refractivity contribution in [2.75, 3.05) is 6.61 Å². The predicted octanol–water partition coefficient (Wildman–Crippen LogP) is 2.10. The Kier molecular flexibility index (Phi) is 3.29. The van der Waals surface area contributed by atoms with E-state index in [0.717, 1.165) is 17.9 Å². The zero-order valence-corrected chi connectivity index (χ0v) is 12.6. The summed E-state index contributed by atoms with van der Waals surface area (Å²) in [7, 11) is 0. The summed E-state index contributed by atoms with van der Waals surface area (Å²) in [6, 6.07) is 0. The van der Waals surface area contributed by atoms with E-state index < -0.39 is 0 Å². The fraction of sp³-hybridized carbons (Fsp3) is 0.733. The Bertz CT molecular complexity index is 394. The molecule has 3 aliphatic rings. The van der Waals surface area contributed by atoms with E-state index in [-0.39, 0.29) is 29.7 Å². The van der Waals surface area contributed by atoms with Crippen LogP contribution in [0.3, 0.4) is 0 Å². The summed E-state index contributed by atoms with van der Waals surface area (Å²) in [5.74, 6) is 1.49. The van der Waals surface area contributed by atoms with Crippen LogP contribution in [0.4, 0.5) is 0 Å². The van der Waals surface area contributed by atoms with Crippen molar-refractivity contribution in [2.45, 2.75) is 40.0 Å². The minimum absolute atomic E-state index is 0. The standard InChI is InChI=1S/C15H20O.Mg/c1-14(2)12-6-7-15(14,3)13-8-10(9-16)4-5-11(12)13;/h4,11-12H,5-7,9H2,1-3H3;/q-2;+2. The van der Waals surface area contributed by atoms with Gasteiger partial charge in [0.05, 0.1) is 0 Å². The summed E-state index contributed by atoms with van der Waals surface area (Å²) in [6.45, 7) is 7.11. The van der Waals surface area contributed by atoms with Gasteiger partial charge in [0.2, 0.25) is 0 Å². The molecule has 2 bridgehead atoms. The number of hydrogen-bond donors (Lipinski definition) is 0. The van der Waals surface area contributed by atoms with E-state index in [1.54, 1.807) is 0 Å². The van der Waals surface area contributed by atoms with Gasteiger partial charge in [-0.1, -0.05) is 27.2 Å². The van der Waals surface area contributed by atoms with Crippen molar-refractivity contribution in [3.05, 3.63) is 23.3 Å². The van der Waals surface area contributed by atoms with Crippen LogP contribution in [0.2, 0.25) is 0 Å². The SMILES string of the molecule is CC12CCC(C3CC=C(C[O-])[C-]=C31)C2(C)C.[Mg+2]. The van der Waals surface area contributed by atoms with Crippen molar-refractivity contribution in [3.8, 4) is 0 Å². The average molecular weight is 241 g/mol. The first-order valence-electron chi connectivity index (χ1n) is 6.42. The molecule has 3 rings (SSSR count). The molecule has 0 heterocycles. The van der Waals surface area contributed by atoms with Gasteiger partial charge in [0.25, 0.3) is 0 Å². The molecule has 3 atom stereocenters. The summed E-state index contributed by atoms with van der Waals surface area (Å²) in [4.78, 5) is 0. The van der Waals surface area contributed by atoms with Crippen LogP contribution in [0.25, 0.3) is 0 Å². The molecule has 3 aliphatic carbocycles. The van der Waals surface area contributed by atoms with Crippen LogP contribution in [-0.2, 0) is 0 Å². The third kappa shape index (κ3) is 1.53. The Morgan fingerprint density at radius 3 is 2.76 bits per heavy atom. The van der Waals surface area contributed by atoms with Gasteiger partial charge >= 0.3 is 23.1 Å². The van der Waals surface area contributed by atoms with Crippen LogP contribution in [0.5, 0.6) is 0 Å². The van der Waals surface area contributed by atoms with Gasteiger partial charge in [-0.3, -0.25) is 0 Å². The van der Waals surface area contributed by atoms with Crippen LogP contribution in [0.15, 0.2) is 17.2 Å². The van der Waals surface area contributed by atoms with E-state index in [4.69, 9.17) is 0 Å². The molecule has 0 aromatic rings. The van der Waals surface area contributed by atoms with Crippen molar-refractivity contribution in [1.82, 2.24) is 0 Å². The molecular formula is C15H20MgO. The molecule has 3 unspecified atom stereocenters. The maximum Gasteiger partial charge on any atom is 2.00 e. The van der Waals surface area contributed by atoms with Crippen molar-refractivity contribution in [1.29, 1.82) is 0 Å². The topological polar surface area (TPSA) is 23.1 Å². The second kappa shape index (κ2) is 4.11. The molecule has 0 N–H and O–H groups in total. The smallest absolute Gasteiger partial charge is 0.853 e. The molecule has 2 saturated carbocycles. The Labute approximate surface area is 121 Å². The van der Waals surface area contributed by atoms with Crippen LogP contribution in [-0.4, -0.2) is 29.7 Å². The molecule has 88 valence electrons. The van der Waals surface area contributed by atoms with Gasteiger partial charge in [-0.2, -0.15) is 5.57 Å². The molecule has 0 aromatic heterocycles. The first-order chi connectivity index (χ1) is 7.50. The molecule has 0 aliphatic heterocycles. The molecular weight excluding hydrogens is 220 g/mol. The van der Waals surface area contributed by atoms with Gasteiger partial charge in [-0.15, -0.1) is 6.61 Å². The van der Waals surface area contributed by atoms with Crippen LogP contribution in [0, 0.1) is 28.7 Å². The molecule has 0 radical (unpaired) electrons. The van der Waals surface area contributed by atoms with E-state index >= 15 is 0 Å². The summed E-state index contributed by atoms with van der Waals surface area (Å²) >= 11 is 0. The zero-order valence-electron chi connectivity index (χ0n) is 11.2. The first kappa shape index (κ1) is 13.6. The van der Waals surface area contributed by atoms with Crippen molar-refractivity contribution in [3.63, 3.8) is 0 Å². The number of fused-ring (bicyclic) bond motifs is 5. The third-order valence-electron chi connectivity index (χ3n) is 5.82. The molecule has 2 heteroatoms. The maximum atomic E-state index is 11.0. The number of rotatable bonds is 1. The summed E-state index contributed by atoms with van der Waals surface area (Å²) in [5.41, 5.74) is 3.07. The van der Waals surface area contributed by atoms with Gasteiger partial charge in [-0.25, -0.2) is 17.7 Å². The summed E-state index contributed by atoms with van der Waals surface area (Å²) in [6.07, 6.45) is 9.32. The second-order valence-electron chi connectivity index (χ2n) is 6.45. The van der Waals surface area contributed by atoms with Gasteiger partial charge in [-0.05, 0) is 35.5 Å². The van der Waals surface area contributed by atoms with Crippen molar-refractivity contribution >= 4 is 23.1 Å². The van der Waals surface area contributed by atoms with Crippen LogP contribution >= 0.6 is 0 Å². The zero-order chi connectivity index (χ0) is 11.6. The van der Waals surface area contributed by atoms with Gasteiger partial charge in [0, 0.05) is 0 Å². The monoisotopic (exact) mass is 240 g/mol. The fourth-order valence-electron chi connectivity index (χ4n) is 4.43. The predicted molar refractivity (Wildman–Crippen MR) is 68.2 cm³/mol. The van der Waals surface area contributed by atoms with E-state index in [1.165, 1.54) is 18.4 Å². The Morgan fingerprint density at radius 1 is 1.41 bits per heavy atom. The van der Waals surface area contributed by atoms with Gasteiger partial charge in [0.1, 0.15) is 0 Å². The quantitative estimate of drug-likeness (QED) is 0.509. The van der Waals surface area contributed by atoms with Crippen LogP contribution < -0.4 is 5.11 Å². The van der Waals surface area contributed by atoms with E-state index in [9.17, 15) is 5.11 Å².